The van der Waals surface area contributed by atoms with Crippen molar-refractivity contribution in [1.82, 2.24) is 58.1 Å². The number of fused-ring (bicyclic) bond motifs is 4. The summed E-state index contributed by atoms with van der Waals surface area (Å²) in [6.07, 6.45) is 22.9. The number of ketones is 2. The number of aromatic nitrogens is 12. The van der Waals surface area contributed by atoms with Crippen LogP contribution in [0.4, 0.5) is 63.9 Å². The van der Waals surface area contributed by atoms with Crippen LogP contribution >= 0.6 is 46.4 Å². The smallest absolute Gasteiger partial charge is 0.293 e. The van der Waals surface area contributed by atoms with Crippen molar-refractivity contribution in [3.63, 3.8) is 0 Å². The third kappa shape index (κ3) is 25.7. The Morgan fingerprint density at radius 2 is 0.758 bits per heavy atom. The second-order valence-electron chi connectivity index (χ2n) is 30.2. The second kappa shape index (κ2) is 48.9. The molecule has 0 radical (unpaired) electrons. The van der Waals surface area contributed by atoms with Gasteiger partial charge in [-0.25, -0.2) is 24.9 Å². The first-order valence-corrected chi connectivity index (χ1v) is 45.4. The maximum absolute atomic E-state index is 13.0. The molecular weight excluding hydrogens is 1710 g/mol. The van der Waals surface area contributed by atoms with Crippen molar-refractivity contribution in [3.05, 3.63) is 195 Å². The number of carbonyl (C=O) groups is 2. The first-order chi connectivity index (χ1) is 61.8. The van der Waals surface area contributed by atoms with Gasteiger partial charge in [0.1, 0.15) is 33.3 Å². The van der Waals surface area contributed by atoms with Gasteiger partial charge in [0.05, 0.1) is 61.1 Å². The Kier molecular flexibility index (Phi) is 38.1. The fourth-order valence-corrected chi connectivity index (χ4v) is 14.7. The van der Waals surface area contributed by atoms with Crippen molar-refractivity contribution in [2.24, 2.45) is 21.1 Å². The summed E-state index contributed by atoms with van der Waals surface area (Å²) in [4.78, 5) is 115. The van der Waals surface area contributed by atoms with Crippen molar-refractivity contribution in [1.29, 1.82) is 0 Å². The zero-order valence-corrected chi connectivity index (χ0v) is 79.4. The van der Waals surface area contributed by atoms with Crippen molar-refractivity contribution in [2.75, 3.05) is 103 Å². The third-order valence-electron chi connectivity index (χ3n) is 20.7. The number of nitrogens with zero attached hydrogens (tertiary/aromatic N) is 15. The molecule has 1 aliphatic carbocycles. The Bertz CT molecular complexity index is 5930. The van der Waals surface area contributed by atoms with Gasteiger partial charge in [-0.15, -0.1) is 0 Å². The zero-order chi connectivity index (χ0) is 92.8. The monoisotopic (exact) mass is 1830 g/mol. The van der Waals surface area contributed by atoms with Gasteiger partial charge >= 0.3 is 0 Å². The minimum Gasteiger partial charge on any atom is -0.491 e. The van der Waals surface area contributed by atoms with E-state index in [1.807, 2.05) is 128 Å². The summed E-state index contributed by atoms with van der Waals surface area (Å²) < 4.78 is 27.7. The highest BCUT2D eigenvalue weighted by Gasteiger charge is 2.24. The number of Topliss-reactive ketones (excluding diaryl/α,β-unsaturated/α-hetero) is 2. The number of halogens is 4. The quantitative estimate of drug-likeness (QED) is 0.0490. The van der Waals surface area contributed by atoms with E-state index in [1.54, 1.807) is 90.8 Å². The first-order valence-electron chi connectivity index (χ1n) is 43.9. The predicted molar refractivity (Wildman–Crippen MR) is 523 cm³/mol. The number of allylic oxidation sites excluding steroid dienone is 2. The van der Waals surface area contributed by atoms with Crippen LogP contribution in [0.15, 0.2) is 147 Å². The molecule has 4 aliphatic rings. The van der Waals surface area contributed by atoms with Gasteiger partial charge in [0.25, 0.3) is 22.2 Å². The van der Waals surface area contributed by atoms with Gasteiger partial charge in [0.15, 0.2) is 63.7 Å². The number of hydrogen-bond acceptors (Lipinski definition) is 25. The maximum Gasteiger partial charge on any atom is 0.293 e. The molecule has 682 valence electrons. The number of piperidine rings is 2. The molecule has 33 heteroatoms. The van der Waals surface area contributed by atoms with Crippen LogP contribution in [0.5, 0.6) is 23.0 Å². The Morgan fingerprint density at radius 1 is 0.422 bits per heavy atom. The van der Waals surface area contributed by atoms with E-state index in [2.05, 4.69) is 95.8 Å². The lowest BCUT2D eigenvalue weighted by Gasteiger charge is -2.31. The maximum atomic E-state index is 13.0. The van der Waals surface area contributed by atoms with E-state index in [9.17, 15) is 28.8 Å². The molecule has 3 fully saturated rings. The molecule has 29 nitrogen and oxygen atoms in total. The molecule has 0 spiro atoms. The molecule has 3 aliphatic heterocycles. The molecule has 12 aromatic rings. The zero-order valence-electron chi connectivity index (χ0n) is 76.4. The van der Waals surface area contributed by atoms with E-state index in [-0.39, 0.29) is 64.6 Å². The normalized spacial score (nSPS) is 13.2. The van der Waals surface area contributed by atoms with E-state index in [0.29, 0.717) is 85.0 Å². The summed E-state index contributed by atoms with van der Waals surface area (Å²) in [5.41, 5.74) is 6.58. The summed E-state index contributed by atoms with van der Waals surface area (Å²) in [5, 5.41) is 18.2. The molecule has 4 N–H and O–H groups in total. The Morgan fingerprint density at radius 3 is 1.10 bits per heavy atom. The number of anilines is 11. The molecule has 0 atom stereocenters. The lowest BCUT2D eigenvalue weighted by molar-refractivity contribution is -0.121. The first kappa shape index (κ1) is 99.9. The SMILES string of the molecule is CC.CC.CC.CC(=O)COc1cc2cc(Nc3nc(C4=CCCCC4)ncc3Cl)ccc2n(C)c1=O.CCC.CCC(=O)COc1cc2cc(Nc3nc(N4CCC4)ncc3Cl)ccc2n(C(C)C)c1=O.COc1cc2cc(Nc3nc(N4CCCCC4)ncc3Cl)ccc2n(C)c1=O.COc1cc2cc(Nc3nc(N4CCCCC4)ncc3Cl)ccc2n(C)c1=O. The Labute approximate surface area is 767 Å². The van der Waals surface area contributed by atoms with Crippen molar-refractivity contribution in [3.8, 4) is 23.0 Å². The number of ether oxygens (including phenoxy) is 4. The molecule has 128 heavy (non-hydrogen) atoms. The van der Waals surface area contributed by atoms with Crippen LogP contribution < -0.4 is 77.2 Å². The van der Waals surface area contributed by atoms with Crippen LogP contribution in [0.2, 0.25) is 20.1 Å². The van der Waals surface area contributed by atoms with Crippen molar-refractivity contribution in [2.45, 2.75) is 173 Å². The van der Waals surface area contributed by atoms with Crippen LogP contribution in [-0.4, -0.2) is 136 Å². The van der Waals surface area contributed by atoms with Gasteiger partial charge in [-0.2, -0.15) is 15.0 Å². The van der Waals surface area contributed by atoms with Gasteiger partial charge in [-0.05, 0) is 194 Å². The molecule has 0 unspecified atom stereocenters. The summed E-state index contributed by atoms with van der Waals surface area (Å²) in [7, 11) is 8.11. The molecular formula is C95H119Cl4N19O10. The Balaban J connectivity index is 0.000000187. The third-order valence-corrected chi connectivity index (χ3v) is 21.8. The van der Waals surface area contributed by atoms with Crippen molar-refractivity contribution >= 4 is 171 Å². The second-order valence-corrected chi connectivity index (χ2v) is 31.8. The number of pyridine rings is 4. The molecule has 0 amide bonds. The standard InChI is InChI=1S/C23H26ClN5O3.C23H23ClN4O3.2C20H22ClN5O2.C3H8.3C2H6/c1-4-17(30)13-32-20-11-15-10-16(6-7-19(15)29(14(2)3)22(20)31)26-21-18(24)12-25-23(27-21)28-8-5-9-28;1-14(29)13-31-20-11-16-10-17(8-9-19(16)28(2)23(20)30)26-22-18(24)12-25-21(27-22)15-6-4-3-5-7-15;2*1-25-16-7-6-14(10-13(16)11-17(28-2)19(25)27)23-18-15(21)12-22-20(24-18)26-8-4-3-5-9-26;1-3-2;3*1-2/h6-7,10-12,14H,4-5,8-9,13H2,1-3H3,(H,25,26,27);6,8-12H,3-5,7,13H2,1-2H3,(H,25,26,27);2*6-7,10-12H,3-5,8-9H2,1-2H3,(H,22,23,24);3H2,1-2H3;3*1-2H3. The highest BCUT2D eigenvalue weighted by molar-refractivity contribution is 6.34. The Hall–Kier alpha value is -11.9. The number of methoxy groups -OCH3 is 2. The average molecular weight is 1830 g/mol. The van der Waals surface area contributed by atoms with Crippen LogP contribution in [0.1, 0.15) is 178 Å². The fourth-order valence-electron chi connectivity index (χ4n) is 14.1. The summed E-state index contributed by atoms with van der Waals surface area (Å²) in [6.45, 7) is 28.8. The van der Waals surface area contributed by atoms with Gasteiger partial charge in [-0.1, -0.05) is 121 Å². The lowest BCUT2D eigenvalue weighted by Crippen LogP contribution is -2.38. The van der Waals surface area contributed by atoms with Crippen molar-refractivity contribution < 1.29 is 28.5 Å². The minimum absolute atomic E-state index is 0.0626. The lowest BCUT2D eigenvalue weighted by atomic mass is 9.99. The van der Waals surface area contributed by atoms with Crippen LogP contribution in [-0.2, 0) is 30.7 Å². The van der Waals surface area contributed by atoms with Crippen LogP contribution in [0.3, 0.4) is 0 Å². The average Bonchev–Trinajstić information content (AvgIpc) is 0.766. The van der Waals surface area contributed by atoms with Crippen LogP contribution in [0.25, 0.3) is 49.2 Å². The largest absolute Gasteiger partial charge is 0.491 e. The molecule has 4 aromatic carbocycles. The molecule has 0 bridgehead atoms. The predicted octanol–water partition coefficient (Wildman–Crippen LogP) is 20.9. The molecule has 8 aromatic heterocycles. The highest BCUT2D eigenvalue weighted by Crippen LogP contribution is 2.36. The van der Waals surface area contributed by atoms with E-state index < -0.39 is 0 Å². The van der Waals surface area contributed by atoms with Gasteiger partial charge in [0, 0.05) is 117 Å². The topological polar surface area (TPSA) is 320 Å². The summed E-state index contributed by atoms with van der Waals surface area (Å²) in [5.74, 6) is 5.57. The fraction of sp³-hybridized carbons (Fsp3) is 0.411. The van der Waals surface area contributed by atoms with Gasteiger partial charge in [-0.3, -0.25) is 28.8 Å². The number of aryl methyl sites for hydroxylation is 3. The van der Waals surface area contributed by atoms with E-state index >= 15 is 0 Å². The van der Waals surface area contributed by atoms with E-state index in [4.69, 9.17) is 65.4 Å². The number of rotatable bonds is 22. The minimum atomic E-state index is -0.293. The van der Waals surface area contributed by atoms with Gasteiger partial charge in [0.2, 0.25) is 17.8 Å². The van der Waals surface area contributed by atoms with Gasteiger partial charge < -0.3 is 73.2 Å². The van der Waals surface area contributed by atoms with E-state index in [0.717, 1.165) is 163 Å². The number of carbonyl (C=O) groups excluding carboxylic acids is 2. The summed E-state index contributed by atoms with van der Waals surface area (Å²) in [6, 6.07) is 29.4. The molecule has 3 saturated heterocycles. The number of hydrogen-bond donors (Lipinski definition) is 4. The summed E-state index contributed by atoms with van der Waals surface area (Å²) >= 11 is 25.3. The molecule has 0 saturated carbocycles. The van der Waals surface area contributed by atoms with Crippen LogP contribution in [0, 0.1) is 0 Å². The molecule has 16 rings (SSSR count). The molecule has 11 heterocycles. The number of nitrogens with one attached hydrogen (secondary N) is 4. The van der Waals surface area contributed by atoms with E-state index in [1.165, 1.54) is 51.4 Å². The number of benzene rings is 4. The highest BCUT2D eigenvalue weighted by atomic mass is 35.5.